The number of fused-ring (bicyclic) bond motifs is 9. The summed E-state index contributed by atoms with van der Waals surface area (Å²) >= 11 is 0. The Hall–Kier alpha value is -5.37. The van der Waals surface area contributed by atoms with E-state index in [9.17, 15) is 14.4 Å². The normalized spacial score (nSPS) is 29.3. The quantitative estimate of drug-likeness (QED) is 0.0707. The van der Waals surface area contributed by atoms with Gasteiger partial charge in [-0.1, -0.05) is 89.9 Å². The third-order valence-electron chi connectivity index (χ3n) is 18.8. The summed E-state index contributed by atoms with van der Waals surface area (Å²) in [6, 6.07) is 8.51. The maximum Gasteiger partial charge on any atom is 0.323 e. The van der Waals surface area contributed by atoms with E-state index in [-0.39, 0.29) is 91.0 Å². The summed E-state index contributed by atoms with van der Waals surface area (Å²) in [6.07, 6.45) is -2.94. The van der Waals surface area contributed by atoms with Gasteiger partial charge in [0.25, 0.3) is 0 Å². The molecule has 6 N–H and O–H groups in total. The van der Waals surface area contributed by atoms with Crippen molar-refractivity contribution in [1.29, 1.82) is 0 Å². The van der Waals surface area contributed by atoms with Crippen molar-refractivity contribution >= 4 is 17.9 Å². The highest BCUT2D eigenvalue weighted by Gasteiger charge is 2.46. The number of nitrogens with zero attached hydrogens (tertiary/aromatic N) is 3. The topological polar surface area (TPSA) is 222 Å². The van der Waals surface area contributed by atoms with Gasteiger partial charge >= 0.3 is 17.9 Å². The molecule has 0 spiro atoms. The van der Waals surface area contributed by atoms with Crippen molar-refractivity contribution in [2.45, 2.75) is 202 Å². The third-order valence-corrected chi connectivity index (χ3v) is 18.8. The van der Waals surface area contributed by atoms with Crippen LogP contribution in [0.4, 0.5) is 0 Å². The van der Waals surface area contributed by atoms with Gasteiger partial charge in [-0.15, -0.1) is 0 Å². The van der Waals surface area contributed by atoms with Crippen LogP contribution in [-0.2, 0) is 47.9 Å². The molecule has 0 saturated carbocycles. The largest absolute Gasteiger partial charge is 0.493 e. The van der Waals surface area contributed by atoms with Crippen molar-refractivity contribution < 1.29 is 77.6 Å². The van der Waals surface area contributed by atoms with E-state index in [1.165, 1.54) is 7.11 Å². The zero-order chi connectivity index (χ0) is 79.9. The number of hydrogen-bond donors (Lipinski definition) is 3. The van der Waals surface area contributed by atoms with Gasteiger partial charge in [-0.3, -0.25) is 29.1 Å². The van der Waals surface area contributed by atoms with Gasteiger partial charge < -0.3 is 59.8 Å². The number of ether oxygens (including phenoxy) is 9. The Labute approximate surface area is 566 Å². The Morgan fingerprint density at radius 1 is 0.495 bits per heavy atom. The van der Waals surface area contributed by atoms with E-state index >= 15 is 0 Å². The van der Waals surface area contributed by atoms with E-state index < -0.39 is 99.4 Å². The van der Waals surface area contributed by atoms with Gasteiger partial charge in [0.2, 0.25) is 0 Å². The van der Waals surface area contributed by atoms with E-state index in [0.717, 1.165) is 73.2 Å². The lowest BCUT2D eigenvalue weighted by Crippen LogP contribution is -2.51. The SMILES string of the molecule is [2H]C([2H])([2H])C([2H])(C)C([2H])([2H])[C@@H]1CN2CCc3cc(OC)c(OC)cc3[C@H]2C[C@H]1OC(=O)[C@@H](N)C(C)C.[2H]C([2H])([2H])C([2H])(C)C([2H])([2H])[C@@H]1CN2CCc3cc(OC)c(OC)cc3[C@H]2C[C@H]1OC(=O)[C@@H](N)C(C)C.[2H]C([2H])([2H])Oc1cc2c(cc1OC)[C@H]1C[C@@H](OC(=O)[C@@H](N)C(C)C)[C@H](CC(C)(C)C)CN1CC2. The van der Waals surface area contributed by atoms with Crippen LogP contribution in [-0.4, -0.2) is 151 Å². The molecule has 3 aromatic rings. The Kier molecular flexibility index (Phi) is 19.1. The fourth-order valence-corrected chi connectivity index (χ4v) is 13.7. The lowest BCUT2D eigenvalue weighted by atomic mass is 9.75. The predicted octanol–water partition coefficient (Wildman–Crippen LogP) is 11.1. The molecule has 0 aliphatic carbocycles. The number of piperidine rings is 3. The van der Waals surface area contributed by atoms with Crippen molar-refractivity contribution in [2.24, 2.45) is 69.9 Å². The standard InChI is InChI=1S/C25H40N2O4.2C24H38N2O4/c1-15(2)23(26)24(28)31-20-12-19-18-11-22(30-7)21(29-6)10-16(18)8-9-27(19)14-17(20)13-25(3,4)5;2*1-14(2)9-17-13-26-8-7-16-10-21(28-5)22(29-6)11-18(16)19(26)12-20(17)30-24(27)23(25)15(3)4/h10-11,15,17,19-20,23H,8-9,12-14,26H2,1-7H3;2*10-11,14-15,17,19-20,23H,7-9,12-13,25H2,1-6H3/t3*17-,19-,20-,23+/m111/s1/i6D3;2*1D3,9D2,14D/tm;2*14?,17-,19-,20-,23+. The van der Waals surface area contributed by atoms with Gasteiger partial charge in [0, 0.05) is 111 Å². The number of carbonyl (C=O) groups is 3. The Balaban J connectivity index is 0.000000222. The maximum atomic E-state index is 12.9. The summed E-state index contributed by atoms with van der Waals surface area (Å²) in [5.74, 6) is -5.79. The van der Waals surface area contributed by atoms with Gasteiger partial charge in [-0.05, 0) is 143 Å². The molecule has 18 nitrogen and oxygen atoms in total. The zero-order valence-electron chi connectivity index (χ0n) is 71.8. The average Bonchev–Trinajstić information content (AvgIpc) is 0.733. The van der Waals surface area contributed by atoms with Crippen LogP contribution in [0.15, 0.2) is 36.4 Å². The first-order valence-corrected chi connectivity index (χ1v) is 32.3. The molecular weight excluding hydrogens is 1150 g/mol. The minimum atomic E-state index is -2.88. The molecule has 0 aromatic heterocycles. The molecule has 0 radical (unpaired) electrons. The van der Waals surface area contributed by atoms with E-state index in [1.54, 1.807) is 62.2 Å². The first-order valence-electron chi connectivity index (χ1n) is 39.8. The van der Waals surface area contributed by atoms with Crippen LogP contribution in [0.3, 0.4) is 0 Å². The highest BCUT2D eigenvalue weighted by Crippen LogP contribution is 2.49. The first-order chi connectivity index (χ1) is 48.8. The molecule has 6 aliphatic rings. The minimum absolute atomic E-state index is 0.00460. The number of carbonyl (C=O) groups excluding carboxylic acids is 3. The second-order valence-electron chi connectivity index (χ2n) is 27.6. The molecule has 6 heterocycles. The van der Waals surface area contributed by atoms with Crippen molar-refractivity contribution in [3.8, 4) is 34.5 Å². The fourth-order valence-electron chi connectivity index (χ4n) is 13.7. The van der Waals surface area contributed by atoms with Crippen LogP contribution in [0.5, 0.6) is 34.5 Å². The highest BCUT2D eigenvalue weighted by molar-refractivity contribution is 5.77. The van der Waals surface area contributed by atoms with Crippen LogP contribution >= 0.6 is 0 Å². The third kappa shape index (κ3) is 18.1. The molecule has 91 heavy (non-hydrogen) atoms. The monoisotopic (exact) mass is 1280 g/mol. The lowest BCUT2D eigenvalue weighted by Gasteiger charge is -2.48. The number of rotatable bonds is 20. The summed E-state index contributed by atoms with van der Waals surface area (Å²) in [6.45, 7) is 17.2. The van der Waals surface area contributed by atoms with Crippen LogP contribution in [0, 0.1) is 52.7 Å². The number of nitrogens with two attached hydrogens (primary N) is 3. The maximum absolute atomic E-state index is 12.9. The molecule has 3 aromatic carbocycles. The van der Waals surface area contributed by atoms with Gasteiger partial charge in [-0.25, -0.2) is 0 Å². The lowest BCUT2D eigenvalue weighted by molar-refractivity contribution is -0.161. The fraction of sp³-hybridized carbons (Fsp3) is 0.712. The van der Waals surface area contributed by atoms with Crippen molar-refractivity contribution in [3.05, 3.63) is 69.8 Å². The van der Waals surface area contributed by atoms with Crippen molar-refractivity contribution in [1.82, 2.24) is 14.7 Å². The van der Waals surface area contributed by atoms with Crippen LogP contribution in [0.25, 0.3) is 0 Å². The van der Waals surface area contributed by atoms with Crippen LogP contribution < -0.4 is 45.6 Å². The highest BCUT2D eigenvalue weighted by atomic mass is 16.6. The van der Waals surface area contributed by atoms with E-state index in [2.05, 4.69) is 35.5 Å². The molecule has 3 fully saturated rings. The van der Waals surface area contributed by atoms with Gasteiger partial charge in [0.1, 0.15) is 36.4 Å². The van der Waals surface area contributed by atoms with Crippen molar-refractivity contribution in [3.63, 3.8) is 0 Å². The summed E-state index contributed by atoms with van der Waals surface area (Å²) in [7, 11) is 5.20. The number of esters is 3. The molecule has 510 valence electrons. The summed E-state index contributed by atoms with van der Waals surface area (Å²) in [4.78, 5) is 45.2. The molecule has 0 amide bonds. The number of methoxy groups -OCH3 is 6. The first kappa shape index (κ1) is 53.9. The van der Waals surface area contributed by atoms with Crippen molar-refractivity contribution in [2.75, 3.05) is 81.9 Å². The second kappa shape index (κ2) is 32.2. The molecule has 2 unspecified atom stereocenters. The van der Waals surface area contributed by atoms with E-state index in [4.69, 9.17) is 80.4 Å². The van der Waals surface area contributed by atoms with E-state index in [0.29, 0.717) is 61.1 Å². The Morgan fingerprint density at radius 2 is 0.780 bits per heavy atom. The van der Waals surface area contributed by atoms with Gasteiger partial charge in [-0.2, -0.15) is 0 Å². The Bertz CT molecular complexity index is 3380. The van der Waals surface area contributed by atoms with Crippen LogP contribution in [0.2, 0.25) is 0 Å². The Morgan fingerprint density at radius 3 is 1.05 bits per heavy atom. The van der Waals surface area contributed by atoms with E-state index in [1.807, 2.05) is 44.2 Å². The molecule has 6 aliphatic heterocycles. The zero-order valence-corrected chi connectivity index (χ0v) is 56.8. The molecular formula is C73H116N6O12. The predicted molar refractivity (Wildman–Crippen MR) is 358 cm³/mol. The average molecular weight is 1280 g/mol. The number of benzene rings is 3. The second-order valence-corrected chi connectivity index (χ2v) is 27.6. The molecule has 18 heteroatoms. The molecule has 0 bridgehead atoms. The number of hydrogen-bond acceptors (Lipinski definition) is 18. The summed E-state index contributed by atoms with van der Waals surface area (Å²) in [5, 5.41) is 0. The van der Waals surface area contributed by atoms with Gasteiger partial charge in [0.15, 0.2) is 34.5 Å². The van der Waals surface area contributed by atoms with Crippen LogP contribution in [0.1, 0.15) is 200 Å². The molecule has 9 rings (SSSR count). The minimum Gasteiger partial charge on any atom is -0.493 e. The summed E-state index contributed by atoms with van der Waals surface area (Å²) < 4.78 is 172. The smallest absolute Gasteiger partial charge is 0.323 e. The molecule has 14 atom stereocenters. The summed E-state index contributed by atoms with van der Waals surface area (Å²) in [5.41, 5.74) is 24.4. The van der Waals surface area contributed by atoms with Gasteiger partial charge in [0.05, 0.1) is 46.7 Å². The molecule has 3 saturated heterocycles.